The zero-order chi connectivity index (χ0) is 14.6. The molecular weight excluding hydrogens is 298 g/mol. The maximum absolute atomic E-state index is 12.0. The van der Waals surface area contributed by atoms with Gasteiger partial charge in [0.1, 0.15) is 0 Å². The van der Waals surface area contributed by atoms with Crippen LogP contribution < -0.4 is 4.72 Å². The highest BCUT2D eigenvalue weighted by molar-refractivity contribution is 7.89. The fraction of sp³-hybridized carbons (Fsp3) is 0.308. The van der Waals surface area contributed by atoms with E-state index < -0.39 is 10.0 Å². The number of aryl methyl sites for hydroxylation is 1. The zero-order valence-electron chi connectivity index (χ0n) is 11.1. The molecule has 2 aromatic rings. The topological polar surface area (TPSA) is 64.0 Å². The van der Waals surface area contributed by atoms with Crippen LogP contribution in [0.1, 0.15) is 18.1 Å². The van der Waals surface area contributed by atoms with E-state index in [9.17, 15) is 8.42 Å². The van der Waals surface area contributed by atoms with E-state index in [1.54, 1.807) is 4.57 Å². The van der Waals surface area contributed by atoms with E-state index in [1.165, 1.54) is 12.5 Å². The van der Waals surface area contributed by atoms with E-state index in [4.69, 9.17) is 11.6 Å². The first-order chi connectivity index (χ1) is 9.55. The number of hydrogen-bond donors (Lipinski definition) is 1. The van der Waals surface area contributed by atoms with E-state index in [0.29, 0.717) is 12.4 Å². The monoisotopic (exact) mass is 313 g/mol. The van der Waals surface area contributed by atoms with Crippen molar-refractivity contribution in [3.63, 3.8) is 0 Å². The molecular formula is C13H16ClN3O2S. The molecule has 2 rings (SSSR count). The molecule has 1 aromatic heterocycles. The van der Waals surface area contributed by atoms with Crippen molar-refractivity contribution in [3.05, 3.63) is 47.9 Å². The van der Waals surface area contributed by atoms with Crippen LogP contribution in [-0.4, -0.2) is 18.0 Å². The third-order valence-electron chi connectivity index (χ3n) is 2.89. The highest BCUT2D eigenvalue weighted by atomic mass is 35.5. The molecule has 0 aliphatic carbocycles. The van der Waals surface area contributed by atoms with Crippen LogP contribution in [0.3, 0.4) is 0 Å². The Hall–Kier alpha value is -1.37. The van der Waals surface area contributed by atoms with Gasteiger partial charge in [0.25, 0.3) is 10.0 Å². The molecule has 7 heteroatoms. The molecule has 5 nitrogen and oxygen atoms in total. The lowest BCUT2D eigenvalue weighted by Crippen LogP contribution is -2.23. The van der Waals surface area contributed by atoms with Gasteiger partial charge in [-0.1, -0.05) is 24.3 Å². The number of halogens is 1. The van der Waals surface area contributed by atoms with Crippen LogP contribution in [0.4, 0.5) is 0 Å². The minimum atomic E-state index is -3.57. The van der Waals surface area contributed by atoms with Crippen LogP contribution in [0.2, 0.25) is 0 Å². The second-order valence-corrected chi connectivity index (χ2v) is 6.30. The predicted octanol–water partition coefficient (Wildman–Crippen LogP) is 2.12. The van der Waals surface area contributed by atoms with E-state index >= 15 is 0 Å². The van der Waals surface area contributed by atoms with Gasteiger partial charge in [0.05, 0.1) is 6.33 Å². The molecule has 0 radical (unpaired) electrons. The van der Waals surface area contributed by atoms with E-state index in [-0.39, 0.29) is 11.6 Å². The molecule has 0 saturated carbocycles. The van der Waals surface area contributed by atoms with E-state index in [1.807, 2.05) is 31.2 Å². The largest absolute Gasteiger partial charge is 0.336 e. The molecule has 1 N–H and O–H groups in total. The third-order valence-corrected chi connectivity index (χ3v) is 4.49. The first-order valence-corrected chi connectivity index (χ1v) is 8.22. The molecule has 0 aliphatic heterocycles. The standard InChI is InChI=1S/C13H16ClN3O2S/c1-2-17-9-13(15-10-17)20(18,19)16-8-12-5-3-11(7-14)4-6-12/h3-6,9-10,16H,2,7-8H2,1H3. The smallest absolute Gasteiger partial charge is 0.259 e. The van der Waals surface area contributed by atoms with Crippen molar-refractivity contribution < 1.29 is 8.42 Å². The summed E-state index contributed by atoms with van der Waals surface area (Å²) in [5, 5.41) is 0.0386. The number of benzene rings is 1. The SMILES string of the molecule is CCn1cnc(S(=O)(=O)NCc2ccc(CCl)cc2)c1. The van der Waals surface area contributed by atoms with Gasteiger partial charge in [-0.25, -0.2) is 18.1 Å². The summed E-state index contributed by atoms with van der Waals surface area (Å²) >= 11 is 5.70. The van der Waals surface area contributed by atoms with Crippen molar-refractivity contribution in [2.75, 3.05) is 0 Å². The van der Waals surface area contributed by atoms with Crippen molar-refractivity contribution in [3.8, 4) is 0 Å². The summed E-state index contributed by atoms with van der Waals surface area (Å²) in [5.41, 5.74) is 1.87. The fourth-order valence-corrected chi connectivity index (χ4v) is 2.79. The Labute approximate surface area is 123 Å². The van der Waals surface area contributed by atoms with Gasteiger partial charge in [-0.05, 0) is 18.1 Å². The van der Waals surface area contributed by atoms with Crippen LogP contribution in [0.5, 0.6) is 0 Å². The Morgan fingerprint density at radius 1 is 1.25 bits per heavy atom. The Kier molecular flexibility index (Phi) is 4.80. The van der Waals surface area contributed by atoms with Crippen molar-refractivity contribution in [2.24, 2.45) is 0 Å². The van der Waals surface area contributed by atoms with Crippen molar-refractivity contribution >= 4 is 21.6 Å². The molecule has 0 spiro atoms. The molecule has 0 amide bonds. The Morgan fingerprint density at radius 2 is 1.90 bits per heavy atom. The lowest BCUT2D eigenvalue weighted by molar-refractivity contribution is 0.578. The minimum absolute atomic E-state index is 0.0386. The number of imidazole rings is 1. The molecule has 0 bridgehead atoms. The lowest BCUT2D eigenvalue weighted by atomic mass is 10.1. The van der Waals surface area contributed by atoms with Gasteiger partial charge in [-0.2, -0.15) is 0 Å². The van der Waals surface area contributed by atoms with Gasteiger partial charge >= 0.3 is 0 Å². The van der Waals surface area contributed by atoms with Crippen LogP contribution in [0.25, 0.3) is 0 Å². The summed E-state index contributed by atoms with van der Waals surface area (Å²) in [4.78, 5) is 3.89. The average Bonchev–Trinajstić information content (AvgIpc) is 2.95. The van der Waals surface area contributed by atoms with E-state index in [0.717, 1.165) is 11.1 Å². The molecule has 0 aliphatic rings. The summed E-state index contributed by atoms with van der Waals surface area (Å²) < 4.78 is 28.3. The molecule has 20 heavy (non-hydrogen) atoms. The highest BCUT2D eigenvalue weighted by Gasteiger charge is 2.16. The van der Waals surface area contributed by atoms with Crippen molar-refractivity contribution in [2.45, 2.75) is 30.9 Å². The summed E-state index contributed by atoms with van der Waals surface area (Å²) in [6, 6.07) is 7.46. The maximum Gasteiger partial charge on any atom is 0.259 e. The summed E-state index contributed by atoms with van der Waals surface area (Å²) in [5.74, 6) is 0.445. The molecule has 0 atom stereocenters. The summed E-state index contributed by atoms with van der Waals surface area (Å²) in [6.45, 7) is 2.83. The molecule has 0 unspecified atom stereocenters. The number of aromatic nitrogens is 2. The van der Waals surface area contributed by atoms with Crippen LogP contribution >= 0.6 is 11.6 Å². The second-order valence-electron chi connectivity index (χ2n) is 4.32. The van der Waals surface area contributed by atoms with Gasteiger partial charge in [0.15, 0.2) is 5.03 Å². The molecule has 1 aromatic carbocycles. The number of nitrogens with zero attached hydrogens (tertiary/aromatic N) is 2. The van der Waals surface area contributed by atoms with Gasteiger partial charge < -0.3 is 4.57 Å². The Balaban J connectivity index is 2.04. The highest BCUT2D eigenvalue weighted by Crippen LogP contribution is 2.09. The predicted molar refractivity (Wildman–Crippen MR) is 77.9 cm³/mol. The normalized spacial score (nSPS) is 11.7. The lowest BCUT2D eigenvalue weighted by Gasteiger charge is -2.05. The average molecular weight is 314 g/mol. The van der Waals surface area contributed by atoms with Crippen molar-refractivity contribution in [1.82, 2.24) is 14.3 Å². The quantitative estimate of drug-likeness (QED) is 0.831. The first kappa shape index (κ1) is 15.0. The fourth-order valence-electron chi connectivity index (χ4n) is 1.65. The number of nitrogens with one attached hydrogen (secondary N) is 1. The van der Waals surface area contributed by atoms with Crippen LogP contribution in [-0.2, 0) is 29.0 Å². The number of hydrogen-bond acceptors (Lipinski definition) is 3. The van der Waals surface area contributed by atoms with Crippen molar-refractivity contribution in [1.29, 1.82) is 0 Å². The second kappa shape index (κ2) is 6.39. The molecule has 1 heterocycles. The number of sulfonamides is 1. The van der Waals surface area contributed by atoms with Crippen LogP contribution in [0, 0.1) is 0 Å². The molecule has 0 saturated heterocycles. The van der Waals surface area contributed by atoms with E-state index in [2.05, 4.69) is 9.71 Å². The number of rotatable bonds is 6. The Morgan fingerprint density at radius 3 is 2.45 bits per heavy atom. The first-order valence-electron chi connectivity index (χ1n) is 6.20. The van der Waals surface area contributed by atoms with Gasteiger partial charge in [0, 0.05) is 25.2 Å². The number of alkyl halides is 1. The van der Waals surface area contributed by atoms with Gasteiger partial charge in [0.2, 0.25) is 0 Å². The minimum Gasteiger partial charge on any atom is -0.336 e. The van der Waals surface area contributed by atoms with Gasteiger partial charge in [-0.15, -0.1) is 11.6 Å². The molecule has 0 fully saturated rings. The molecule has 108 valence electrons. The Bertz CT molecular complexity index is 665. The third kappa shape index (κ3) is 3.59. The summed E-state index contributed by atoms with van der Waals surface area (Å²) in [6.07, 6.45) is 3.02. The van der Waals surface area contributed by atoms with Gasteiger partial charge in [-0.3, -0.25) is 0 Å². The van der Waals surface area contributed by atoms with Crippen LogP contribution in [0.15, 0.2) is 41.8 Å². The maximum atomic E-state index is 12.0. The summed E-state index contributed by atoms with van der Waals surface area (Å²) in [7, 11) is -3.57. The zero-order valence-corrected chi connectivity index (χ0v) is 12.7.